The van der Waals surface area contributed by atoms with E-state index >= 15 is 0 Å². The number of rotatable bonds is 8. The number of nitrogens with one attached hydrogen (secondary N) is 1. The lowest BCUT2D eigenvalue weighted by atomic mass is 10.00. The minimum atomic E-state index is -0.262. The minimum Gasteiger partial charge on any atom is -0.491 e. The van der Waals surface area contributed by atoms with Crippen LogP contribution in [0.5, 0.6) is 5.75 Å². The number of hydrogen-bond acceptors (Lipinski definition) is 4. The fraction of sp³-hybridized carbons (Fsp3) is 0.379. The molecule has 0 aliphatic carbocycles. The molecule has 0 bridgehead atoms. The Balaban J connectivity index is 1.50. The second-order valence-electron chi connectivity index (χ2n) is 9.80. The second kappa shape index (κ2) is 11.6. The molecule has 1 aliphatic rings. The van der Waals surface area contributed by atoms with Gasteiger partial charge in [-0.05, 0) is 67.0 Å². The molecule has 0 radical (unpaired) electrons. The summed E-state index contributed by atoms with van der Waals surface area (Å²) in [6.07, 6.45) is 0.819. The number of benzene rings is 2. The number of carbonyl (C=O) groups is 2. The molecule has 0 fully saturated rings. The van der Waals surface area contributed by atoms with Crippen molar-refractivity contribution in [1.29, 1.82) is 0 Å². The average Bonchev–Trinajstić information content (AvgIpc) is 3.33. The Morgan fingerprint density at radius 3 is 2.58 bits per heavy atom. The van der Waals surface area contributed by atoms with Crippen molar-refractivity contribution in [3.05, 3.63) is 81.5 Å². The number of para-hydroxylation sites is 1. The van der Waals surface area contributed by atoms with Gasteiger partial charge in [-0.2, -0.15) is 0 Å². The second-order valence-corrected chi connectivity index (χ2v) is 10.8. The molecule has 190 valence electrons. The van der Waals surface area contributed by atoms with Crippen molar-refractivity contribution in [3.63, 3.8) is 0 Å². The van der Waals surface area contributed by atoms with Crippen LogP contribution in [0.25, 0.3) is 0 Å². The maximum atomic E-state index is 13.7. The number of carbonyl (C=O) groups excluding carboxylic acids is 2. The SMILES string of the molecule is Cc1ccc(NC(=O)N(CC(=O)N2CCc3sccc3C2COc2ccccc2C)CC(C)C)cc1. The Labute approximate surface area is 217 Å². The molecule has 0 saturated carbocycles. The summed E-state index contributed by atoms with van der Waals surface area (Å²) in [6.45, 7) is 9.63. The highest BCUT2D eigenvalue weighted by Gasteiger charge is 2.33. The van der Waals surface area contributed by atoms with E-state index in [1.165, 1.54) is 4.88 Å². The lowest BCUT2D eigenvalue weighted by Gasteiger charge is -2.37. The van der Waals surface area contributed by atoms with E-state index in [4.69, 9.17) is 4.74 Å². The van der Waals surface area contributed by atoms with Crippen molar-refractivity contribution >= 4 is 29.0 Å². The number of anilines is 1. The van der Waals surface area contributed by atoms with Crippen molar-refractivity contribution in [1.82, 2.24) is 9.80 Å². The molecule has 36 heavy (non-hydrogen) atoms. The number of nitrogens with zero attached hydrogens (tertiary/aromatic N) is 2. The van der Waals surface area contributed by atoms with E-state index in [1.54, 1.807) is 16.2 Å². The van der Waals surface area contributed by atoms with E-state index in [-0.39, 0.29) is 30.4 Å². The number of thiophene rings is 1. The van der Waals surface area contributed by atoms with Gasteiger partial charge in [-0.3, -0.25) is 4.79 Å². The molecule has 1 unspecified atom stereocenters. The first kappa shape index (κ1) is 25.8. The van der Waals surface area contributed by atoms with E-state index in [0.717, 1.165) is 34.5 Å². The molecular formula is C29H35N3O3S. The highest BCUT2D eigenvalue weighted by atomic mass is 32.1. The molecule has 4 rings (SSSR count). The summed E-state index contributed by atoms with van der Waals surface area (Å²) in [4.78, 5) is 31.6. The van der Waals surface area contributed by atoms with Crippen LogP contribution in [0.1, 0.15) is 41.5 Å². The Morgan fingerprint density at radius 1 is 1.11 bits per heavy atom. The molecule has 3 aromatic rings. The van der Waals surface area contributed by atoms with Gasteiger partial charge >= 0.3 is 6.03 Å². The van der Waals surface area contributed by atoms with Crippen molar-refractivity contribution in [2.24, 2.45) is 5.92 Å². The Morgan fingerprint density at radius 2 is 1.86 bits per heavy atom. The summed E-state index contributed by atoms with van der Waals surface area (Å²) >= 11 is 1.73. The summed E-state index contributed by atoms with van der Waals surface area (Å²) in [7, 11) is 0. The van der Waals surface area contributed by atoms with Gasteiger partial charge in [-0.25, -0.2) is 4.79 Å². The maximum Gasteiger partial charge on any atom is 0.322 e. The van der Waals surface area contributed by atoms with Crippen LogP contribution in [0.3, 0.4) is 0 Å². The zero-order valence-corrected chi connectivity index (χ0v) is 22.3. The Hall–Kier alpha value is -3.32. The van der Waals surface area contributed by atoms with Crippen molar-refractivity contribution in [2.75, 3.05) is 31.6 Å². The van der Waals surface area contributed by atoms with Crippen LogP contribution in [0.15, 0.2) is 60.0 Å². The molecule has 0 saturated heterocycles. The fourth-order valence-corrected chi connectivity index (χ4v) is 5.44. The third-order valence-corrected chi connectivity index (χ3v) is 7.40. The van der Waals surface area contributed by atoms with Gasteiger partial charge in [0.2, 0.25) is 5.91 Å². The van der Waals surface area contributed by atoms with Gasteiger partial charge in [0.15, 0.2) is 0 Å². The van der Waals surface area contributed by atoms with E-state index in [9.17, 15) is 9.59 Å². The molecule has 2 heterocycles. The Bertz CT molecular complexity index is 1190. The van der Waals surface area contributed by atoms with Crippen LogP contribution in [-0.2, 0) is 11.2 Å². The standard InChI is InChI=1S/C29H35N3O3S/c1-20(2)17-31(29(34)30-23-11-9-21(3)10-12-23)18-28(33)32-15-13-27-24(14-16-36-27)25(32)19-35-26-8-6-5-7-22(26)4/h5-12,14,16,20,25H,13,15,17-19H2,1-4H3,(H,30,34). The smallest absolute Gasteiger partial charge is 0.322 e. The van der Waals surface area contributed by atoms with Crippen molar-refractivity contribution in [3.8, 4) is 5.75 Å². The first-order valence-corrected chi connectivity index (χ1v) is 13.4. The highest BCUT2D eigenvalue weighted by molar-refractivity contribution is 7.10. The molecule has 3 amide bonds. The molecule has 6 nitrogen and oxygen atoms in total. The maximum absolute atomic E-state index is 13.7. The van der Waals surface area contributed by atoms with Gasteiger partial charge in [-0.15, -0.1) is 11.3 Å². The average molecular weight is 506 g/mol. The first-order chi connectivity index (χ1) is 17.3. The van der Waals surface area contributed by atoms with Crippen LogP contribution in [0, 0.1) is 19.8 Å². The Kier molecular flexibility index (Phi) is 8.31. The van der Waals surface area contributed by atoms with Gasteiger partial charge < -0.3 is 19.9 Å². The van der Waals surface area contributed by atoms with E-state index in [0.29, 0.717) is 19.7 Å². The summed E-state index contributed by atoms with van der Waals surface area (Å²) in [5, 5.41) is 5.03. The van der Waals surface area contributed by atoms with E-state index in [2.05, 4.69) is 16.8 Å². The van der Waals surface area contributed by atoms with Crippen LogP contribution >= 0.6 is 11.3 Å². The zero-order valence-electron chi connectivity index (χ0n) is 21.5. The van der Waals surface area contributed by atoms with Crippen molar-refractivity contribution in [2.45, 2.75) is 40.2 Å². The summed E-state index contributed by atoms with van der Waals surface area (Å²) in [6, 6.07) is 17.2. The number of fused-ring (bicyclic) bond motifs is 1. The molecule has 0 spiro atoms. The lowest BCUT2D eigenvalue weighted by molar-refractivity contribution is -0.135. The summed E-state index contributed by atoms with van der Waals surface area (Å²) < 4.78 is 6.21. The molecule has 2 aromatic carbocycles. The van der Waals surface area contributed by atoms with Gasteiger partial charge in [-0.1, -0.05) is 49.7 Å². The predicted octanol–water partition coefficient (Wildman–Crippen LogP) is 6.06. The van der Waals surface area contributed by atoms with Crippen LogP contribution in [-0.4, -0.2) is 48.0 Å². The third kappa shape index (κ3) is 6.26. The predicted molar refractivity (Wildman–Crippen MR) is 146 cm³/mol. The lowest BCUT2D eigenvalue weighted by Crippen LogP contribution is -2.49. The zero-order chi connectivity index (χ0) is 25.7. The van der Waals surface area contributed by atoms with Crippen molar-refractivity contribution < 1.29 is 14.3 Å². The third-order valence-electron chi connectivity index (χ3n) is 6.41. The van der Waals surface area contributed by atoms with E-state index in [1.807, 2.05) is 81.1 Å². The van der Waals surface area contributed by atoms with Gasteiger partial charge in [0.1, 0.15) is 18.9 Å². The normalized spacial score (nSPS) is 14.9. The molecule has 1 N–H and O–H groups in total. The molecule has 7 heteroatoms. The quantitative estimate of drug-likeness (QED) is 0.405. The summed E-state index contributed by atoms with van der Waals surface area (Å²) in [5.74, 6) is 0.989. The summed E-state index contributed by atoms with van der Waals surface area (Å²) in [5.41, 5.74) is 4.05. The highest BCUT2D eigenvalue weighted by Crippen LogP contribution is 2.34. The van der Waals surface area contributed by atoms with Gasteiger partial charge in [0, 0.05) is 23.7 Å². The van der Waals surface area contributed by atoms with Crippen LogP contribution in [0.2, 0.25) is 0 Å². The van der Waals surface area contributed by atoms with Gasteiger partial charge in [0.25, 0.3) is 0 Å². The number of ether oxygens (including phenoxy) is 1. The molecule has 1 aromatic heterocycles. The van der Waals surface area contributed by atoms with E-state index < -0.39 is 0 Å². The van der Waals surface area contributed by atoms with Crippen LogP contribution < -0.4 is 10.1 Å². The molecule has 1 atom stereocenters. The number of amides is 3. The number of hydrogen-bond donors (Lipinski definition) is 1. The fourth-order valence-electron chi connectivity index (χ4n) is 4.52. The topological polar surface area (TPSA) is 61.9 Å². The number of urea groups is 1. The minimum absolute atomic E-state index is 0.0240. The number of aryl methyl sites for hydroxylation is 2. The first-order valence-electron chi connectivity index (χ1n) is 12.5. The largest absolute Gasteiger partial charge is 0.491 e. The van der Waals surface area contributed by atoms with Crippen LogP contribution in [0.4, 0.5) is 10.5 Å². The monoisotopic (exact) mass is 505 g/mol. The molecule has 1 aliphatic heterocycles. The van der Waals surface area contributed by atoms with Gasteiger partial charge in [0.05, 0.1) is 6.04 Å². The molecular weight excluding hydrogens is 470 g/mol.